The lowest BCUT2D eigenvalue weighted by Gasteiger charge is -2.19. The van der Waals surface area contributed by atoms with E-state index in [1.165, 1.54) is 33.0 Å². The Bertz CT molecular complexity index is 827. The first-order valence-corrected chi connectivity index (χ1v) is 7.23. The van der Waals surface area contributed by atoms with E-state index in [2.05, 4.69) is 60.7 Å². The number of hydrogen-bond acceptors (Lipinski definition) is 0. The fourth-order valence-electron chi connectivity index (χ4n) is 3.86. The fourth-order valence-corrected chi connectivity index (χ4v) is 3.86. The lowest BCUT2D eigenvalue weighted by molar-refractivity contribution is 1.13. The van der Waals surface area contributed by atoms with Crippen molar-refractivity contribution in [2.75, 3.05) is 0 Å². The molecule has 5 rings (SSSR count). The molecule has 0 radical (unpaired) electrons. The van der Waals surface area contributed by atoms with Gasteiger partial charge in [-0.1, -0.05) is 60.7 Å². The Morgan fingerprint density at radius 1 is 0.550 bits per heavy atom. The molecule has 0 N–H and O–H groups in total. The van der Waals surface area contributed by atoms with E-state index < -0.39 is 0 Å². The fraction of sp³-hybridized carbons (Fsp3) is 0.100. The van der Waals surface area contributed by atoms with Gasteiger partial charge < -0.3 is 0 Å². The lowest BCUT2D eigenvalue weighted by Crippen LogP contribution is -2.04. The highest BCUT2D eigenvalue weighted by molar-refractivity contribution is 6.14. The molecular weight excluding hydrogens is 240 g/mol. The van der Waals surface area contributed by atoms with Crippen LogP contribution >= 0.6 is 0 Å². The van der Waals surface area contributed by atoms with Crippen molar-refractivity contribution in [3.05, 3.63) is 82.9 Å². The molecule has 0 unspecified atom stereocenters. The van der Waals surface area contributed by atoms with Crippen LogP contribution in [0.2, 0.25) is 0 Å². The predicted octanol–water partition coefficient (Wildman–Crippen LogP) is 4.86. The molecule has 0 spiro atoms. The third kappa shape index (κ3) is 1.21. The molecule has 20 heavy (non-hydrogen) atoms. The van der Waals surface area contributed by atoms with Crippen LogP contribution in [0.4, 0.5) is 0 Å². The van der Waals surface area contributed by atoms with Gasteiger partial charge in [0.2, 0.25) is 0 Å². The van der Waals surface area contributed by atoms with Gasteiger partial charge in [0.15, 0.2) is 0 Å². The van der Waals surface area contributed by atoms with Crippen molar-refractivity contribution in [3.8, 4) is 0 Å². The van der Waals surface area contributed by atoms with Crippen molar-refractivity contribution in [1.82, 2.24) is 0 Å². The molecule has 0 atom stereocenters. The van der Waals surface area contributed by atoms with Crippen LogP contribution in [-0.2, 0) is 12.8 Å². The highest BCUT2D eigenvalue weighted by Gasteiger charge is 2.27. The number of hydrogen-bond donors (Lipinski definition) is 0. The first-order valence-electron chi connectivity index (χ1n) is 7.23. The van der Waals surface area contributed by atoms with Crippen LogP contribution in [0.3, 0.4) is 0 Å². The van der Waals surface area contributed by atoms with E-state index in [1.807, 2.05) is 0 Å². The molecular formula is C20H14. The summed E-state index contributed by atoms with van der Waals surface area (Å²) in [6, 6.07) is 22.3. The van der Waals surface area contributed by atoms with Crippen molar-refractivity contribution in [2.45, 2.75) is 12.8 Å². The summed E-state index contributed by atoms with van der Waals surface area (Å²) in [5.41, 5.74) is 9.02. The van der Waals surface area contributed by atoms with E-state index >= 15 is 0 Å². The number of benzene rings is 3. The second-order valence-corrected chi connectivity index (χ2v) is 5.79. The van der Waals surface area contributed by atoms with Crippen molar-refractivity contribution in [2.24, 2.45) is 0 Å². The second kappa shape index (κ2) is 3.61. The molecule has 0 saturated carbocycles. The molecule has 0 fully saturated rings. The minimum absolute atomic E-state index is 1.08. The van der Waals surface area contributed by atoms with Crippen molar-refractivity contribution in [3.63, 3.8) is 0 Å². The topological polar surface area (TPSA) is 0 Å². The highest BCUT2D eigenvalue weighted by Crippen LogP contribution is 2.47. The quantitative estimate of drug-likeness (QED) is 0.537. The molecule has 0 nitrogen and oxygen atoms in total. The Kier molecular flexibility index (Phi) is 1.88. The molecule has 94 valence electrons. The Balaban J connectivity index is 1.82. The summed E-state index contributed by atoms with van der Waals surface area (Å²) in [4.78, 5) is 0. The first kappa shape index (κ1) is 10.4. The molecule has 0 aromatic heterocycles. The van der Waals surface area contributed by atoms with Crippen molar-refractivity contribution in [1.29, 1.82) is 0 Å². The van der Waals surface area contributed by atoms with E-state index in [0.29, 0.717) is 0 Å². The molecule has 0 saturated heterocycles. The number of rotatable bonds is 0. The van der Waals surface area contributed by atoms with Gasteiger partial charge in [-0.15, -0.1) is 0 Å². The monoisotopic (exact) mass is 254 g/mol. The maximum absolute atomic E-state index is 2.29. The van der Waals surface area contributed by atoms with Crippen molar-refractivity contribution < 1.29 is 0 Å². The first-order chi connectivity index (χ1) is 9.92. The van der Waals surface area contributed by atoms with Gasteiger partial charge in [0.25, 0.3) is 0 Å². The smallest absolute Gasteiger partial charge is 0.00137 e. The SMILES string of the molecule is c1ccc2c(c1)CC1=C(C2)c2cccc3cccc1c23. The molecule has 0 heteroatoms. The zero-order valence-corrected chi connectivity index (χ0v) is 11.2. The van der Waals surface area contributed by atoms with Gasteiger partial charge in [0.05, 0.1) is 0 Å². The highest BCUT2D eigenvalue weighted by atomic mass is 14.3. The summed E-state index contributed by atoms with van der Waals surface area (Å²) in [6.45, 7) is 0. The minimum atomic E-state index is 1.08. The Morgan fingerprint density at radius 2 is 1.10 bits per heavy atom. The third-order valence-corrected chi connectivity index (χ3v) is 4.77. The van der Waals surface area contributed by atoms with Crippen LogP contribution in [-0.4, -0.2) is 0 Å². The predicted molar refractivity (Wildman–Crippen MR) is 84.6 cm³/mol. The minimum Gasteiger partial charge on any atom is -0.0620 e. The normalized spacial score (nSPS) is 15.4. The zero-order valence-electron chi connectivity index (χ0n) is 11.2. The molecule has 3 aromatic rings. The van der Waals surface area contributed by atoms with E-state index in [4.69, 9.17) is 0 Å². The van der Waals surface area contributed by atoms with Crippen LogP contribution in [0.15, 0.2) is 60.7 Å². The number of fused-ring (bicyclic) bond motifs is 3. The molecule has 0 amide bonds. The molecule has 0 aliphatic heterocycles. The van der Waals surface area contributed by atoms with E-state index in [-0.39, 0.29) is 0 Å². The molecule has 2 aliphatic carbocycles. The zero-order chi connectivity index (χ0) is 13.1. The van der Waals surface area contributed by atoms with Crippen LogP contribution in [0.5, 0.6) is 0 Å². The maximum Gasteiger partial charge on any atom is -0.00137 e. The van der Waals surface area contributed by atoms with Gasteiger partial charge in [-0.05, 0) is 57.0 Å². The van der Waals surface area contributed by atoms with Gasteiger partial charge in [0.1, 0.15) is 0 Å². The molecule has 3 aromatic carbocycles. The van der Waals surface area contributed by atoms with Gasteiger partial charge in [0, 0.05) is 0 Å². The van der Waals surface area contributed by atoms with Crippen molar-refractivity contribution >= 4 is 21.9 Å². The largest absolute Gasteiger partial charge is 0.0620 e. The van der Waals surface area contributed by atoms with Crippen LogP contribution in [0.1, 0.15) is 22.3 Å². The van der Waals surface area contributed by atoms with Gasteiger partial charge in [-0.2, -0.15) is 0 Å². The van der Waals surface area contributed by atoms with Crippen LogP contribution in [0, 0.1) is 0 Å². The van der Waals surface area contributed by atoms with E-state index in [0.717, 1.165) is 12.8 Å². The van der Waals surface area contributed by atoms with Gasteiger partial charge in [-0.25, -0.2) is 0 Å². The number of allylic oxidation sites excluding steroid dienone is 2. The average molecular weight is 254 g/mol. The lowest BCUT2D eigenvalue weighted by atomic mass is 9.85. The molecule has 0 heterocycles. The maximum atomic E-state index is 2.29. The Labute approximate surface area is 118 Å². The average Bonchev–Trinajstić information content (AvgIpc) is 2.82. The summed E-state index contributed by atoms with van der Waals surface area (Å²) in [6.07, 6.45) is 2.17. The van der Waals surface area contributed by atoms with E-state index in [1.54, 1.807) is 11.1 Å². The van der Waals surface area contributed by atoms with Gasteiger partial charge >= 0.3 is 0 Å². The molecule has 2 aliphatic rings. The Hall–Kier alpha value is -2.34. The van der Waals surface area contributed by atoms with Gasteiger partial charge in [-0.3, -0.25) is 0 Å². The summed E-state index contributed by atoms with van der Waals surface area (Å²) < 4.78 is 0. The van der Waals surface area contributed by atoms with Crippen LogP contribution in [0.25, 0.3) is 21.9 Å². The summed E-state index contributed by atoms with van der Waals surface area (Å²) >= 11 is 0. The standard InChI is InChI=1S/C20H14/c1-2-6-15-12-19-17-10-4-8-13-7-3-9-16(20(13)17)18(19)11-14(15)5-1/h1-10H,11-12H2. The van der Waals surface area contributed by atoms with E-state index in [9.17, 15) is 0 Å². The molecule has 0 bridgehead atoms. The van der Waals surface area contributed by atoms with Crippen LogP contribution < -0.4 is 0 Å². The Morgan fingerprint density at radius 3 is 1.65 bits per heavy atom. The summed E-state index contributed by atoms with van der Waals surface area (Å²) in [7, 11) is 0. The third-order valence-electron chi connectivity index (χ3n) is 4.77. The second-order valence-electron chi connectivity index (χ2n) is 5.79. The summed E-state index contributed by atoms with van der Waals surface area (Å²) in [5.74, 6) is 0. The summed E-state index contributed by atoms with van der Waals surface area (Å²) in [5, 5.41) is 2.84.